The summed E-state index contributed by atoms with van der Waals surface area (Å²) in [6, 6.07) is 10.7. The highest BCUT2D eigenvalue weighted by molar-refractivity contribution is 6.07. The minimum atomic E-state index is -0.578. The molecule has 0 aliphatic rings. The molecule has 7 nitrogen and oxygen atoms in total. The molecule has 1 amide bonds. The third-order valence-electron chi connectivity index (χ3n) is 2.84. The second-order valence-corrected chi connectivity index (χ2v) is 4.19. The summed E-state index contributed by atoms with van der Waals surface area (Å²) < 4.78 is 4.90. The fourth-order valence-electron chi connectivity index (χ4n) is 1.81. The number of benzene rings is 2. The zero-order valence-corrected chi connectivity index (χ0v) is 11.2. The van der Waals surface area contributed by atoms with Crippen molar-refractivity contribution in [2.75, 3.05) is 18.2 Å². The van der Waals surface area contributed by atoms with Gasteiger partial charge in [-0.1, -0.05) is 12.1 Å². The van der Waals surface area contributed by atoms with Gasteiger partial charge in [0.15, 0.2) is 5.75 Å². The molecule has 2 rings (SSSR count). The van der Waals surface area contributed by atoms with Crippen LogP contribution in [-0.2, 0) is 0 Å². The lowest BCUT2D eigenvalue weighted by Crippen LogP contribution is -2.14. The van der Waals surface area contributed by atoms with E-state index in [9.17, 15) is 14.9 Å². The first-order valence-corrected chi connectivity index (χ1v) is 6.01. The van der Waals surface area contributed by atoms with E-state index in [1.165, 1.54) is 25.3 Å². The van der Waals surface area contributed by atoms with Crippen LogP contribution in [0.25, 0.3) is 0 Å². The van der Waals surface area contributed by atoms with Gasteiger partial charge in [0.2, 0.25) is 0 Å². The van der Waals surface area contributed by atoms with Crippen LogP contribution in [0.5, 0.6) is 5.75 Å². The molecular formula is C14H13N3O4. The fraction of sp³-hybridized carbons (Fsp3) is 0.0714. The van der Waals surface area contributed by atoms with Crippen LogP contribution in [0.3, 0.4) is 0 Å². The number of carbonyl (C=O) groups is 1. The van der Waals surface area contributed by atoms with Crippen molar-refractivity contribution < 1.29 is 14.5 Å². The van der Waals surface area contributed by atoms with E-state index in [1.807, 2.05) is 0 Å². The van der Waals surface area contributed by atoms with E-state index >= 15 is 0 Å². The van der Waals surface area contributed by atoms with Gasteiger partial charge in [-0.05, 0) is 24.3 Å². The van der Waals surface area contributed by atoms with Gasteiger partial charge in [-0.25, -0.2) is 0 Å². The van der Waals surface area contributed by atoms with Crippen molar-refractivity contribution >= 4 is 23.0 Å². The number of amides is 1. The van der Waals surface area contributed by atoms with Gasteiger partial charge in [-0.2, -0.15) is 0 Å². The molecule has 2 aromatic carbocycles. The Labute approximate surface area is 120 Å². The largest absolute Gasteiger partial charge is 0.490 e. The van der Waals surface area contributed by atoms with E-state index in [2.05, 4.69) is 5.32 Å². The lowest BCUT2D eigenvalue weighted by atomic mass is 10.1. The van der Waals surface area contributed by atoms with Gasteiger partial charge < -0.3 is 15.8 Å². The number of nitrogens with two attached hydrogens (primary N) is 1. The number of nitro groups is 1. The Morgan fingerprint density at radius 2 is 2.00 bits per heavy atom. The highest BCUT2D eigenvalue weighted by atomic mass is 16.6. The minimum Gasteiger partial charge on any atom is -0.490 e. The Kier molecular flexibility index (Phi) is 4.03. The molecule has 108 valence electrons. The third-order valence-corrected chi connectivity index (χ3v) is 2.84. The molecule has 21 heavy (non-hydrogen) atoms. The average molecular weight is 287 g/mol. The normalized spacial score (nSPS) is 9.95. The van der Waals surface area contributed by atoms with Crippen molar-refractivity contribution in [1.82, 2.24) is 0 Å². The molecule has 0 radical (unpaired) electrons. The Bertz CT molecular complexity index is 700. The van der Waals surface area contributed by atoms with E-state index in [4.69, 9.17) is 10.5 Å². The van der Waals surface area contributed by atoms with Crippen LogP contribution < -0.4 is 15.8 Å². The minimum absolute atomic E-state index is 0.122. The first kappa shape index (κ1) is 14.3. The number of rotatable bonds is 4. The number of methoxy groups -OCH3 is 1. The number of anilines is 2. The molecule has 0 atom stereocenters. The Hall–Kier alpha value is -3.09. The molecule has 0 fully saturated rings. The molecule has 0 unspecified atom stereocenters. The molecule has 0 spiro atoms. The Morgan fingerprint density at radius 1 is 1.29 bits per heavy atom. The van der Waals surface area contributed by atoms with Crippen LogP contribution in [0.15, 0.2) is 42.5 Å². The highest BCUT2D eigenvalue weighted by Gasteiger charge is 2.17. The maximum Gasteiger partial charge on any atom is 0.312 e. The molecule has 0 aliphatic heterocycles. The van der Waals surface area contributed by atoms with Crippen molar-refractivity contribution in [1.29, 1.82) is 0 Å². The van der Waals surface area contributed by atoms with Gasteiger partial charge in [-0.3, -0.25) is 14.9 Å². The topological polar surface area (TPSA) is 107 Å². The summed E-state index contributed by atoms with van der Waals surface area (Å²) >= 11 is 0. The summed E-state index contributed by atoms with van der Waals surface area (Å²) in [4.78, 5) is 22.4. The first-order chi connectivity index (χ1) is 10.0. The lowest BCUT2D eigenvalue weighted by molar-refractivity contribution is -0.385. The number of nitrogens with zero attached hydrogens (tertiary/aromatic N) is 1. The van der Waals surface area contributed by atoms with Crippen molar-refractivity contribution in [2.45, 2.75) is 0 Å². The molecule has 0 aliphatic carbocycles. The van der Waals surface area contributed by atoms with Gasteiger partial charge in [0.25, 0.3) is 5.91 Å². The van der Waals surface area contributed by atoms with Crippen LogP contribution >= 0.6 is 0 Å². The van der Waals surface area contributed by atoms with E-state index in [1.54, 1.807) is 24.3 Å². The summed E-state index contributed by atoms with van der Waals surface area (Å²) in [6.45, 7) is 0. The summed E-state index contributed by atoms with van der Waals surface area (Å²) in [6.07, 6.45) is 0. The van der Waals surface area contributed by atoms with Crippen molar-refractivity contribution in [3.05, 3.63) is 58.1 Å². The van der Waals surface area contributed by atoms with Crippen LogP contribution in [0.2, 0.25) is 0 Å². The molecule has 7 heteroatoms. The van der Waals surface area contributed by atoms with Crippen molar-refractivity contribution in [3.63, 3.8) is 0 Å². The zero-order chi connectivity index (χ0) is 15.4. The van der Waals surface area contributed by atoms with Crippen LogP contribution in [-0.4, -0.2) is 17.9 Å². The number of nitrogens with one attached hydrogen (secondary N) is 1. The Balaban J connectivity index is 2.28. The van der Waals surface area contributed by atoms with E-state index in [0.29, 0.717) is 11.3 Å². The third kappa shape index (κ3) is 3.08. The van der Waals surface area contributed by atoms with Gasteiger partial charge in [-0.15, -0.1) is 0 Å². The average Bonchev–Trinajstić information content (AvgIpc) is 2.47. The van der Waals surface area contributed by atoms with E-state index < -0.39 is 10.8 Å². The van der Waals surface area contributed by atoms with Gasteiger partial charge in [0, 0.05) is 17.4 Å². The lowest BCUT2D eigenvalue weighted by Gasteiger charge is -2.08. The van der Waals surface area contributed by atoms with E-state index in [0.717, 1.165) is 0 Å². The van der Waals surface area contributed by atoms with Crippen molar-refractivity contribution in [3.8, 4) is 5.75 Å². The van der Waals surface area contributed by atoms with Crippen LogP contribution in [0.4, 0.5) is 17.1 Å². The molecule has 2 aromatic rings. The highest BCUT2D eigenvalue weighted by Crippen LogP contribution is 2.30. The molecule has 0 saturated carbocycles. The fourth-order valence-corrected chi connectivity index (χ4v) is 1.81. The molecule has 0 aromatic heterocycles. The summed E-state index contributed by atoms with van der Waals surface area (Å²) in [5, 5.41) is 13.5. The summed E-state index contributed by atoms with van der Waals surface area (Å²) in [5.41, 5.74) is 6.41. The number of carbonyl (C=O) groups excluding carboxylic acids is 1. The maximum absolute atomic E-state index is 12.1. The molecule has 3 N–H and O–H groups in total. The van der Waals surface area contributed by atoms with Crippen LogP contribution in [0, 0.1) is 10.1 Å². The van der Waals surface area contributed by atoms with Gasteiger partial charge >= 0.3 is 5.69 Å². The number of ether oxygens (including phenoxy) is 1. The maximum atomic E-state index is 12.1. The van der Waals surface area contributed by atoms with Gasteiger partial charge in [0.1, 0.15) is 0 Å². The zero-order valence-electron chi connectivity index (χ0n) is 11.2. The second kappa shape index (κ2) is 5.91. The SMILES string of the molecule is COc1ccc(NC(=O)c2ccccc2N)cc1[N+](=O)[O-]. The monoisotopic (exact) mass is 287 g/mol. The van der Waals surface area contributed by atoms with Crippen LogP contribution in [0.1, 0.15) is 10.4 Å². The number of hydrogen-bond donors (Lipinski definition) is 2. The molecule has 0 bridgehead atoms. The second-order valence-electron chi connectivity index (χ2n) is 4.19. The quantitative estimate of drug-likeness (QED) is 0.510. The predicted molar refractivity (Wildman–Crippen MR) is 78.5 cm³/mol. The number of hydrogen-bond acceptors (Lipinski definition) is 5. The summed E-state index contributed by atoms with van der Waals surface area (Å²) in [7, 11) is 1.34. The smallest absolute Gasteiger partial charge is 0.312 e. The predicted octanol–water partition coefficient (Wildman–Crippen LogP) is 2.44. The Morgan fingerprint density at radius 3 is 2.62 bits per heavy atom. The molecule has 0 saturated heterocycles. The number of nitro benzene ring substituents is 1. The summed E-state index contributed by atoms with van der Waals surface area (Å²) in [5.74, 6) is -0.315. The van der Waals surface area contributed by atoms with E-state index in [-0.39, 0.29) is 17.1 Å². The molecular weight excluding hydrogens is 274 g/mol. The van der Waals surface area contributed by atoms with Gasteiger partial charge in [0.05, 0.1) is 17.6 Å². The first-order valence-electron chi connectivity index (χ1n) is 6.01. The molecule has 0 heterocycles. The number of para-hydroxylation sites is 1. The standard InChI is InChI=1S/C14H13N3O4/c1-21-13-7-6-9(8-12(13)17(19)20)16-14(18)10-4-2-3-5-11(10)15/h2-8H,15H2,1H3,(H,16,18). The number of nitrogen functional groups attached to an aromatic ring is 1. The van der Waals surface area contributed by atoms with Crippen molar-refractivity contribution in [2.24, 2.45) is 0 Å².